The summed E-state index contributed by atoms with van der Waals surface area (Å²) in [5.41, 5.74) is -0.411. The zero-order chi connectivity index (χ0) is 15.4. The van der Waals surface area contributed by atoms with Crippen LogP contribution in [0, 0.1) is 10.1 Å². The maximum absolute atomic E-state index is 12.1. The van der Waals surface area contributed by atoms with Gasteiger partial charge < -0.3 is 4.74 Å². The number of esters is 1. The molecule has 0 bridgehead atoms. The van der Waals surface area contributed by atoms with Crippen LogP contribution in [0.25, 0.3) is 0 Å². The van der Waals surface area contributed by atoms with Gasteiger partial charge in [0.05, 0.1) is 4.92 Å². The minimum absolute atomic E-state index is 0.101. The Labute approximate surface area is 125 Å². The van der Waals surface area contributed by atoms with Crippen LogP contribution in [0.2, 0.25) is 0 Å². The number of nitrogens with zero attached hydrogens (tertiary/aromatic N) is 1. The average Bonchev–Trinajstić information content (AvgIpc) is 2.46. The number of ketones is 1. The zero-order valence-corrected chi connectivity index (χ0v) is 12.1. The molecular formula is C14H13NO5S. The molecule has 0 spiro atoms. The molecule has 21 heavy (non-hydrogen) atoms. The largest absolute Gasteiger partial charge is 0.427 e. The number of carbonyl (C=O) groups is 2. The molecule has 1 aromatic carbocycles. The van der Waals surface area contributed by atoms with E-state index in [1.807, 2.05) is 0 Å². The lowest BCUT2D eigenvalue weighted by Gasteiger charge is -2.12. The number of nitro benzene ring substituents is 1. The Morgan fingerprint density at radius 3 is 2.76 bits per heavy atom. The van der Waals surface area contributed by atoms with Gasteiger partial charge in [-0.05, 0) is 24.8 Å². The zero-order valence-electron chi connectivity index (χ0n) is 11.3. The van der Waals surface area contributed by atoms with Gasteiger partial charge in [-0.25, -0.2) is 4.79 Å². The number of allylic oxidation sites excluding steroid dienone is 2. The van der Waals surface area contributed by atoms with E-state index in [1.54, 1.807) is 12.3 Å². The van der Waals surface area contributed by atoms with Crippen LogP contribution in [-0.4, -0.2) is 22.9 Å². The number of benzene rings is 1. The van der Waals surface area contributed by atoms with E-state index in [2.05, 4.69) is 0 Å². The molecular weight excluding hydrogens is 294 g/mol. The summed E-state index contributed by atoms with van der Waals surface area (Å²) in [4.78, 5) is 34.5. The first-order valence-corrected chi connectivity index (χ1v) is 7.51. The van der Waals surface area contributed by atoms with Gasteiger partial charge in [-0.15, -0.1) is 11.8 Å². The highest BCUT2D eigenvalue weighted by molar-refractivity contribution is 7.98. The molecule has 1 aromatic rings. The van der Waals surface area contributed by atoms with Gasteiger partial charge in [0.1, 0.15) is 11.3 Å². The van der Waals surface area contributed by atoms with Crippen molar-refractivity contribution in [1.29, 1.82) is 0 Å². The second kappa shape index (κ2) is 6.53. The molecule has 110 valence electrons. The molecule has 0 saturated carbocycles. The van der Waals surface area contributed by atoms with Crippen LogP contribution in [0.15, 0.2) is 34.9 Å². The van der Waals surface area contributed by atoms with Crippen LogP contribution < -0.4 is 0 Å². The Hall–Kier alpha value is -2.15. The summed E-state index contributed by atoms with van der Waals surface area (Å²) in [5, 5.41) is 11.1. The summed E-state index contributed by atoms with van der Waals surface area (Å²) in [7, 11) is 0. The summed E-state index contributed by atoms with van der Waals surface area (Å²) >= 11 is 1.34. The van der Waals surface area contributed by atoms with Crippen molar-refractivity contribution in [3.05, 3.63) is 45.7 Å². The number of ether oxygens (including phenoxy) is 1. The Morgan fingerprint density at radius 2 is 2.14 bits per heavy atom. The van der Waals surface area contributed by atoms with E-state index in [4.69, 9.17) is 4.74 Å². The number of carbonyl (C=O) groups excluding carboxylic acids is 2. The van der Waals surface area contributed by atoms with E-state index < -0.39 is 10.9 Å². The molecule has 0 unspecified atom stereocenters. The Morgan fingerprint density at radius 1 is 1.38 bits per heavy atom. The molecule has 2 rings (SSSR count). The molecule has 0 fully saturated rings. The summed E-state index contributed by atoms with van der Waals surface area (Å²) in [6.45, 7) is 0. The van der Waals surface area contributed by atoms with Crippen molar-refractivity contribution in [2.45, 2.75) is 24.2 Å². The first kappa shape index (κ1) is 15.2. The third kappa shape index (κ3) is 3.69. The topological polar surface area (TPSA) is 86.5 Å². The molecule has 7 heteroatoms. The van der Waals surface area contributed by atoms with Crippen LogP contribution in [0.1, 0.15) is 29.6 Å². The first-order valence-electron chi connectivity index (χ1n) is 6.29. The quantitative estimate of drug-likeness (QED) is 0.367. The molecule has 0 aromatic heterocycles. The van der Waals surface area contributed by atoms with Gasteiger partial charge in [0.15, 0.2) is 5.78 Å². The lowest BCUT2D eigenvalue weighted by atomic mass is 10.1. The standard InChI is InChI=1S/C14H13NO5S/c1-21-11-5-6-12(13(8-11)15(18)19)14(17)20-10-4-2-3-9(16)7-10/h5-8H,2-4H2,1H3. The lowest BCUT2D eigenvalue weighted by molar-refractivity contribution is -0.385. The number of thioether (sulfide) groups is 1. The fraction of sp³-hybridized carbons (Fsp3) is 0.286. The lowest BCUT2D eigenvalue weighted by Crippen LogP contribution is -2.12. The maximum Gasteiger partial charge on any atom is 0.350 e. The van der Waals surface area contributed by atoms with E-state index in [9.17, 15) is 19.7 Å². The van der Waals surface area contributed by atoms with Gasteiger partial charge in [-0.3, -0.25) is 14.9 Å². The van der Waals surface area contributed by atoms with Gasteiger partial charge in [-0.1, -0.05) is 0 Å². The van der Waals surface area contributed by atoms with Crippen molar-refractivity contribution in [2.75, 3.05) is 6.26 Å². The fourth-order valence-corrected chi connectivity index (χ4v) is 2.41. The molecule has 1 aliphatic carbocycles. The Bertz CT molecular complexity index is 638. The second-order valence-electron chi connectivity index (χ2n) is 4.46. The van der Waals surface area contributed by atoms with Crippen molar-refractivity contribution in [2.24, 2.45) is 0 Å². The van der Waals surface area contributed by atoms with Crippen molar-refractivity contribution in [3.63, 3.8) is 0 Å². The Kier molecular flexibility index (Phi) is 4.74. The van der Waals surface area contributed by atoms with Gasteiger partial charge >= 0.3 is 5.97 Å². The predicted molar refractivity (Wildman–Crippen MR) is 77.2 cm³/mol. The third-order valence-corrected chi connectivity index (χ3v) is 3.74. The highest BCUT2D eigenvalue weighted by Gasteiger charge is 2.24. The molecule has 0 heterocycles. The molecule has 6 nitrogen and oxygen atoms in total. The van der Waals surface area contributed by atoms with Crippen molar-refractivity contribution in [1.82, 2.24) is 0 Å². The maximum atomic E-state index is 12.1. The molecule has 0 aliphatic heterocycles. The second-order valence-corrected chi connectivity index (χ2v) is 5.34. The van der Waals surface area contributed by atoms with Gasteiger partial charge in [0.2, 0.25) is 0 Å². The smallest absolute Gasteiger partial charge is 0.350 e. The first-order chi connectivity index (χ1) is 10.0. The van der Waals surface area contributed by atoms with Gasteiger partial charge in [0, 0.05) is 29.9 Å². The average molecular weight is 307 g/mol. The molecule has 1 aliphatic rings. The number of rotatable bonds is 4. The molecule has 0 amide bonds. The number of hydrogen-bond donors (Lipinski definition) is 0. The molecule has 0 N–H and O–H groups in total. The molecule has 0 radical (unpaired) electrons. The van der Waals surface area contributed by atoms with Crippen LogP contribution in [-0.2, 0) is 9.53 Å². The number of hydrogen-bond acceptors (Lipinski definition) is 6. The van der Waals surface area contributed by atoms with E-state index in [0.717, 1.165) is 0 Å². The van der Waals surface area contributed by atoms with Gasteiger partial charge in [-0.2, -0.15) is 0 Å². The summed E-state index contributed by atoms with van der Waals surface area (Å²) < 4.78 is 5.10. The monoisotopic (exact) mass is 307 g/mol. The van der Waals surface area contributed by atoms with Crippen LogP contribution >= 0.6 is 11.8 Å². The van der Waals surface area contributed by atoms with Crippen molar-refractivity contribution in [3.8, 4) is 0 Å². The van der Waals surface area contributed by atoms with Crippen LogP contribution in [0.4, 0.5) is 5.69 Å². The third-order valence-electron chi connectivity index (χ3n) is 3.01. The predicted octanol–water partition coefficient (Wildman–Crippen LogP) is 3.11. The summed E-state index contributed by atoms with van der Waals surface area (Å²) in [5.74, 6) is -0.647. The minimum Gasteiger partial charge on any atom is -0.427 e. The highest BCUT2D eigenvalue weighted by atomic mass is 32.2. The normalized spacial score (nSPS) is 14.5. The molecule has 0 saturated heterocycles. The van der Waals surface area contributed by atoms with Crippen LogP contribution in [0.3, 0.4) is 0 Å². The van der Waals surface area contributed by atoms with Crippen LogP contribution in [0.5, 0.6) is 0 Å². The van der Waals surface area contributed by atoms with E-state index >= 15 is 0 Å². The fourth-order valence-electron chi connectivity index (χ4n) is 1.98. The van der Waals surface area contributed by atoms with E-state index in [1.165, 1.54) is 30.0 Å². The highest BCUT2D eigenvalue weighted by Crippen LogP contribution is 2.27. The van der Waals surface area contributed by atoms with Crippen molar-refractivity contribution >= 4 is 29.2 Å². The van der Waals surface area contributed by atoms with E-state index in [-0.39, 0.29) is 22.8 Å². The SMILES string of the molecule is CSc1ccc(C(=O)OC2=CC(=O)CCC2)c([N+](=O)[O-])c1. The van der Waals surface area contributed by atoms with Gasteiger partial charge in [0.25, 0.3) is 5.69 Å². The summed E-state index contributed by atoms with van der Waals surface area (Å²) in [6, 6.07) is 4.33. The number of nitro groups is 1. The minimum atomic E-state index is -0.810. The molecule has 0 atom stereocenters. The Balaban J connectivity index is 2.26. The van der Waals surface area contributed by atoms with E-state index in [0.29, 0.717) is 24.2 Å². The summed E-state index contributed by atoms with van der Waals surface area (Å²) in [6.07, 6.45) is 4.60. The van der Waals surface area contributed by atoms with Crippen molar-refractivity contribution < 1.29 is 19.2 Å².